The highest BCUT2D eigenvalue weighted by atomic mass is 14.8. The summed E-state index contributed by atoms with van der Waals surface area (Å²) >= 11 is 0. The molecule has 0 saturated heterocycles. The fraction of sp³-hybridized carbons (Fsp3) is 0.625. The van der Waals surface area contributed by atoms with Crippen LogP contribution >= 0.6 is 0 Å². The molecule has 17 heavy (non-hydrogen) atoms. The molecule has 0 heterocycles. The SMILES string of the molecule is CCCNCC(C)CCc1c(C)cccc1C. The predicted octanol–water partition coefficient (Wildman–Crippen LogP) is 3.87. The number of benzene rings is 1. The number of nitrogens with one attached hydrogen (secondary N) is 1. The Balaban J connectivity index is 2.39. The molecule has 1 aromatic rings. The first-order valence-corrected chi connectivity index (χ1v) is 6.91. The minimum absolute atomic E-state index is 0.764. The Labute approximate surface area is 107 Å². The molecule has 1 unspecified atom stereocenters. The Morgan fingerprint density at radius 3 is 2.41 bits per heavy atom. The Bertz CT molecular complexity index is 310. The molecule has 0 spiro atoms. The van der Waals surface area contributed by atoms with E-state index in [1.807, 2.05) is 0 Å². The second-order valence-electron chi connectivity index (χ2n) is 5.22. The van der Waals surface area contributed by atoms with Crippen LogP contribution in [0.4, 0.5) is 0 Å². The van der Waals surface area contributed by atoms with Crippen molar-refractivity contribution in [2.45, 2.75) is 47.0 Å². The first-order valence-electron chi connectivity index (χ1n) is 6.91. The molecule has 0 aliphatic rings. The van der Waals surface area contributed by atoms with E-state index in [1.165, 1.54) is 30.4 Å². The maximum Gasteiger partial charge on any atom is -0.00230 e. The number of aryl methyl sites for hydroxylation is 2. The largest absolute Gasteiger partial charge is 0.316 e. The third kappa shape index (κ3) is 4.91. The molecule has 0 bridgehead atoms. The van der Waals surface area contributed by atoms with E-state index >= 15 is 0 Å². The summed E-state index contributed by atoms with van der Waals surface area (Å²) in [6, 6.07) is 6.60. The Hall–Kier alpha value is -0.820. The van der Waals surface area contributed by atoms with E-state index in [0.717, 1.165) is 19.0 Å². The number of hydrogen-bond acceptors (Lipinski definition) is 1. The monoisotopic (exact) mass is 233 g/mol. The molecule has 0 fully saturated rings. The summed E-state index contributed by atoms with van der Waals surface area (Å²) in [5.74, 6) is 0.764. The van der Waals surface area contributed by atoms with Gasteiger partial charge in [-0.1, -0.05) is 32.0 Å². The molecular weight excluding hydrogens is 206 g/mol. The van der Waals surface area contributed by atoms with Crippen LogP contribution in [-0.2, 0) is 6.42 Å². The van der Waals surface area contributed by atoms with Gasteiger partial charge in [-0.25, -0.2) is 0 Å². The van der Waals surface area contributed by atoms with Crippen molar-refractivity contribution in [3.63, 3.8) is 0 Å². The summed E-state index contributed by atoms with van der Waals surface area (Å²) in [7, 11) is 0. The van der Waals surface area contributed by atoms with Gasteiger partial charge in [-0.15, -0.1) is 0 Å². The standard InChI is InChI=1S/C16H27N/c1-5-11-17-12-13(2)9-10-16-14(3)7-6-8-15(16)4/h6-8,13,17H,5,9-12H2,1-4H3. The van der Waals surface area contributed by atoms with E-state index in [0.29, 0.717) is 0 Å². The Kier molecular flexibility index (Phi) is 6.28. The Morgan fingerprint density at radius 1 is 1.18 bits per heavy atom. The van der Waals surface area contributed by atoms with E-state index in [1.54, 1.807) is 5.56 Å². The van der Waals surface area contributed by atoms with E-state index in [2.05, 4.69) is 51.2 Å². The van der Waals surface area contributed by atoms with E-state index in [-0.39, 0.29) is 0 Å². The zero-order chi connectivity index (χ0) is 12.7. The van der Waals surface area contributed by atoms with Crippen molar-refractivity contribution in [3.05, 3.63) is 34.9 Å². The van der Waals surface area contributed by atoms with Crippen LogP contribution in [-0.4, -0.2) is 13.1 Å². The average molecular weight is 233 g/mol. The first kappa shape index (κ1) is 14.2. The van der Waals surface area contributed by atoms with Gasteiger partial charge in [0.15, 0.2) is 0 Å². The van der Waals surface area contributed by atoms with Crippen LogP contribution in [0, 0.1) is 19.8 Å². The summed E-state index contributed by atoms with van der Waals surface area (Å²) in [4.78, 5) is 0. The fourth-order valence-corrected chi connectivity index (χ4v) is 2.26. The van der Waals surface area contributed by atoms with Gasteiger partial charge >= 0.3 is 0 Å². The van der Waals surface area contributed by atoms with Gasteiger partial charge in [0, 0.05) is 0 Å². The summed E-state index contributed by atoms with van der Waals surface area (Å²) in [6.45, 7) is 11.3. The summed E-state index contributed by atoms with van der Waals surface area (Å²) in [5, 5.41) is 3.50. The summed E-state index contributed by atoms with van der Waals surface area (Å²) in [5.41, 5.74) is 4.44. The summed E-state index contributed by atoms with van der Waals surface area (Å²) < 4.78 is 0. The molecule has 1 aromatic carbocycles. The highest BCUT2D eigenvalue weighted by molar-refractivity contribution is 5.33. The minimum atomic E-state index is 0.764. The zero-order valence-corrected chi connectivity index (χ0v) is 11.8. The second kappa shape index (κ2) is 7.50. The van der Waals surface area contributed by atoms with Crippen molar-refractivity contribution < 1.29 is 0 Å². The zero-order valence-electron chi connectivity index (χ0n) is 11.8. The van der Waals surface area contributed by atoms with Crippen molar-refractivity contribution in [3.8, 4) is 0 Å². The average Bonchev–Trinajstić information content (AvgIpc) is 2.29. The molecular formula is C16H27N. The molecule has 1 rings (SSSR count). The van der Waals surface area contributed by atoms with Gasteiger partial charge in [0.2, 0.25) is 0 Å². The molecule has 0 amide bonds. The third-order valence-electron chi connectivity index (χ3n) is 3.45. The van der Waals surface area contributed by atoms with Crippen molar-refractivity contribution >= 4 is 0 Å². The molecule has 0 aliphatic heterocycles. The van der Waals surface area contributed by atoms with Crippen LogP contribution in [0.3, 0.4) is 0 Å². The van der Waals surface area contributed by atoms with Crippen molar-refractivity contribution in [2.75, 3.05) is 13.1 Å². The maximum absolute atomic E-state index is 3.50. The lowest BCUT2D eigenvalue weighted by Gasteiger charge is -2.14. The van der Waals surface area contributed by atoms with Crippen LogP contribution < -0.4 is 5.32 Å². The maximum atomic E-state index is 3.50. The van der Waals surface area contributed by atoms with E-state index in [9.17, 15) is 0 Å². The lowest BCUT2D eigenvalue weighted by molar-refractivity contribution is 0.481. The highest BCUT2D eigenvalue weighted by Crippen LogP contribution is 2.17. The lowest BCUT2D eigenvalue weighted by Crippen LogP contribution is -2.22. The van der Waals surface area contributed by atoms with Gasteiger partial charge in [0.25, 0.3) is 0 Å². The van der Waals surface area contributed by atoms with Crippen molar-refractivity contribution in [2.24, 2.45) is 5.92 Å². The quantitative estimate of drug-likeness (QED) is 0.705. The van der Waals surface area contributed by atoms with Crippen molar-refractivity contribution in [1.82, 2.24) is 5.32 Å². The summed E-state index contributed by atoms with van der Waals surface area (Å²) in [6.07, 6.45) is 3.72. The van der Waals surface area contributed by atoms with Gasteiger partial charge in [-0.05, 0) is 68.8 Å². The molecule has 0 saturated carbocycles. The molecule has 0 aromatic heterocycles. The topological polar surface area (TPSA) is 12.0 Å². The number of hydrogen-bond donors (Lipinski definition) is 1. The van der Waals surface area contributed by atoms with Gasteiger partial charge in [0.1, 0.15) is 0 Å². The molecule has 1 N–H and O–H groups in total. The van der Waals surface area contributed by atoms with Crippen LogP contribution in [0.2, 0.25) is 0 Å². The first-order chi connectivity index (χ1) is 8.15. The van der Waals surface area contributed by atoms with Crippen LogP contribution in [0.1, 0.15) is 43.4 Å². The van der Waals surface area contributed by atoms with Crippen LogP contribution in [0.15, 0.2) is 18.2 Å². The molecule has 1 nitrogen and oxygen atoms in total. The third-order valence-corrected chi connectivity index (χ3v) is 3.45. The minimum Gasteiger partial charge on any atom is -0.316 e. The normalized spacial score (nSPS) is 12.7. The van der Waals surface area contributed by atoms with Crippen LogP contribution in [0.25, 0.3) is 0 Å². The Morgan fingerprint density at radius 2 is 1.82 bits per heavy atom. The highest BCUT2D eigenvalue weighted by Gasteiger charge is 2.06. The van der Waals surface area contributed by atoms with Gasteiger partial charge in [-0.2, -0.15) is 0 Å². The van der Waals surface area contributed by atoms with Gasteiger partial charge in [-0.3, -0.25) is 0 Å². The second-order valence-corrected chi connectivity index (χ2v) is 5.22. The van der Waals surface area contributed by atoms with E-state index in [4.69, 9.17) is 0 Å². The van der Waals surface area contributed by atoms with Crippen molar-refractivity contribution in [1.29, 1.82) is 0 Å². The molecule has 96 valence electrons. The molecule has 0 aliphatic carbocycles. The molecule has 1 atom stereocenters. The van der Waals surface area contributed by atoms with Gasteiger partial charge in [0.05, 0.1) is 0 Å². The molecule has 0 radical (unpaired) electrons. The van der Waals surface area contributed by atoms with Crippen LogP contribution in [0.5, 0.6) is 0 Å². The smallest absolute Gasteiger partial charge is 0.00230 e. The van der Waals surface area contributed by atoms with Gasteiger partial charge < -0.3 is 5.32 Å². The molecule has 1 heteroatoms. The van der Waals surface area contributed by atoms with E-state index < -0.39 is 0 Å². The lowest BCUT2D eigenvalue weighted by atomic mass is 9.94. The fourth-order valence-electron chi connectivity index (χ4n) is 2.26. The number of rotatable bonds is 7. The predicted molar refractivity (Wildman–Crippen MR) is 76.6 cm³/mol.